The van der Waals surface area contributed by atoms with E-state index in [1.807, 2.05) is 0 Å². The highest BCUT2D eigenvalue weighted by Gasteiger charge is 2.34. The molecule has 19 heavy (non-hydrogen) atoms. The lowest BCUT2D eigenvalue weighted by Crippen LogP contribution is -2.59. The largest absolute Gasteiger partial charge is 0.342 e. The van der Waals surface area contributed by atoms with E-state index < -0.39 is 16.5 Å². The minimum atomic E-state index is -1.21. The highest BCUT2D eigenvalue weighted by molar-refractivity contribution is 6.89. The molecule has 0 saturated carbocycles. The first kappa shape index (κ1) is 16.9. The van der Waals surface area contributed by atoms with Gasteiger partial charge in [-0.25, -0.2) is 0 Å². The average Bonchev–Trinajstić information content (AvgIpc) is 2.23. The lowest BCUT2D eigenvalue weighted by Gasteiger charge is -2.44. The summed E-state index contributed by atoms with van der Waals surface area (Å²) in [6.07, 6.45) is 6.32. The van der Waals surface area contributed by atoms with Crippen molar-refractivity contribution in [2.45, 2.75) is 65.5 Å². The van der Waals surface area contributed by atoms with Crippen molar-refractivity contribution in [1.82, 2.24) is 4.23 Å². The Morgan fingerprint density at radius 3 is 2.05 bits per heavy atom. The van der Waals surface area contributed by atoms with Crippen LogP contribution in [0.25, 0.3) is 0 Å². The van der Waals surface area contributed by atoms with Crippen LogP contribution >= 0.6 is 0 Å². The Hall–Kier alpha value is -0.126. The molecule has 0 aliphatic heterocycles. The van der Waals surface area contributed by atoms with Crippen LogP contribution in [0.15, 0.2) is 23.8 Å². The molecule has 0 aromatic heterocycles. The Labute approximate surface area is 123 Å². The van der Waals surface area contributed by atoms with E-state index in [1.54, 1.807) is 5.57 Å². The van der Waals surface area contributed by atoms with Crippen molar-refractivity contribution >= 4 is 16.5 Å². The number of nitrogens with zero attached hydrogens (tertiary/aromatic N) is 1. The van der Waals surface area contributed by atoms with Crippen molar-refractivity contribution in [3.63, 3.8) is 0 Å². The molecule has 0 heterocycles. The normalized spacial score (nSPS) is 21.5. The van der Waals surface area contributed by atoms with Crippen LogP contribution in [0.5, 0.6) is 0 Å². The minimum absolute atomic E-state index is 0.732. The van der Waals surface area contributed by atoms with E-state index in [0.717, 1.165) is 5.92 Å². The molecule has 0 fully saturated rings. The summed E-state index contributed by atoms with van der Waals surface area (Å²) in [4.78, 5) is 0. The molecule has 1 unspecified atom stereocenters. The van der Waals surface area contributed by atoms with Crippen LogP contribution in [-0.2, 0) is 0 Å². The van der Waals surface area contributed by atoms with E-state index in [1.165, 1.54) is 31.4 Å². The SMILES string of the molecule is C=C(C)C1CC=C(CN([Si](C)(C)C)[Si](C)(C)C)CC1. The fraction of sp³-hybridized carbons (Fsp3) is 0.750. The van der Waals surface area contributed by atoms with Crippen LogP contribution in [0.1, 0.15) is 26.2 Å². The van der Waals surface area contributed by atoms with Gasteiger partial charge >= 0.3 is 0 Å². The second-order valence-electron chi connectivity index (χ2n) is 8.11. The van der Waals surface area contributed by atoms with E-state index in [4.69, 9.17) is 0 Å². The Morgan fingerprint density at radius 2 is 1.74 bits per heavy atom. The van der Waals surface area contributed by atoms with Gasteiger partial charge in [-0.3, -0.25) is 0 Å². The van der Waals surface area contributed by atoms with Gasteiger partial charge in [-0.1, -0.05) is 63.1 Å². The smallest absolute Gasteiger partial charge is 0.112 e. The minimum Gasteiger partial charge on any atom is -0.342 e. The average molecular weight is 296 g/mol. The van der Waals surface area contributed by atoms with E-state index in [0.29, 0.717) is 0 Å². The Bertz CT molecular complexity index is 344. The van der Waals surface area contributed by atoms with Gasteiger partial charge in [0.25, 0.3) is 0 Å². The molecule has 0 saturated heterocycles. The van der Waals surface area contributed by atoms with E-state index in [-0.39, 0.29) is 0 Å². The zero-order chi connectivity index (χ0) is 14.8. The fourth-order valence-corrected chi connectivity index (χ4v) is 12.6. The van der Waals surface area contributed by atoms with Crippen molar-refractivity contribution in [2.24, 2.45) is 5.92 Å². The first-order valence-electron chi connectivity index (χ1n) is 7.63. The molecule has 0 radical (unpaired) electrons. The van der Waals surface area contributed by atoms with E-state index in [2.05, 4.69) is 63.1 Å². The second kappa shape index (κ2) is 6.10. The van der Waals surface area contributed by atoms with Gasteiger partial charge in [-0.2, -0.15) is 0 Å². The van der Waals surface area contributed by atoms with Crippen molar-refractivity contribution in [3.8, 4) is 0 Å². The Morgan fingerprint density at radius 1 is 1.21 bits per heavy atom. The summed E-state index contributed by atoms with van der Waals surface area (Å²) < 4.78 is 2.90. The third kappa shape index (κ3) is 5.05. The molecule has 0 bridgehead atoms. The number of hydrogen-bond acceptors (Lipinski definition) is 1. The zero-order valence-electron chi connectivity index (χ0n) is 14.1. The summed E-state index contributed by atoms with van der Waals surface area (Å²) in [5.74, 6) is 0.732. The molecule has 0 spiro atoms. The van der Waals surface area contributed by atoms with Crippen molar-refractivity contribution in [1.29, 1.82) is 0 Å². The number of allylic oxidation sites excluding steroid dienone is 2. The van der Waals surface area contributed by atoms with E-state index >= 15 is 0 Å². The molecule has 0 N–H and O–H groups in total. The maximum absolute atomic E-state index is 4.12. The molecule has 0 amide bonds. The molecular formula is C16H33NSi2. The Balaban J connectivity index is 2.75. The van der Waals surface area contributed by atoms with Gasteiger partial charge in [-0.05, 0) is 32.1 Å². The lowest BCUT2D eigenvalue weighted by molar-refractivity contribution is 0.517. The summed E-state index contributed by atoms with van der Waals surface area (Å²) in [5, 5.41) is 0. The highest BCUT2D eigenvalue weighted by Crippen LogP contribution is 2.30. The standard InChI is InChI=1S/C16H33NSi2/c1-14(2)16-11-9-15(10-12-16)13-17(18(3,4)5)19(6,7)8/h9,16H,1,10-13H2,2-8H3. The van der Waals surface area contributed by atoms with Gasteiger partial charge in [0.15, 0.2) is 0 Å². The fourth-order valence-electron chi connectivity index (χ4n) is 3.16. The van der Waals surface area contributed by atoms with Crippen molar-refractivity contribution in [2.75, 3.05) is 6.54 Å². The molecule has 1 aliphatic rings. The predicted molar refractivity (Wildman–Crippen MR) is 93.6 cm³/mol. The van der Waals surface area contributed by atoms with Crippen LogP contribution in [0.2, 0.25) is 39.3 Å². The molecule has 0 aromatic carbocycles. The quantitative estimate of drug-likeness (QED) is 0.494. The summed E-state index contributed by atoms with van der Waals surface area (Å²) in [7, 11) is -2.42. The van der Waals surface area contributed by atoms with Crippen LogP contribution in [0.3, 0.4) is 0 Å². The van der Waals surface area contributed by atoms with Crippen molar-refractivity contribution in [3.05, 3.63) is 23.8 Å². The van der Waals surface area contributed by atoms with E-state index in [9.17, 15) is 0 Å². The third-order valence-corrected chi connectivity index (χ3v) is 11.8. The van der Waals surface area contributed by atoms with Crippen LogP contribution in [0, 0.1) is 5.92 Å². The highest BCUT2D eigenvalue weighted by atomic mass is 28.4. The molecule has 110 valence electrons. The van der Waals surface area contributed by atoms with Gasteiger partial charge in [0.05, 0.1) is 0 Å². The Kier molecular flexibility index (Phi) is 5.44. The van der Waals surface area contributed by atoms with Gasteiger partial charge in [-0.15, -0.1) is 0 Å². The molecular weight excluding hydrogens is 262 g/mol. The molecule has 1 rings (SSSR count). The molecule has 1 nitrogen and oxygen atoms in total. The second-order valence-corrected chi connectivity index (χ2v) is 18.3. The number of hydrogen-bond donors (Lipinski definition) is 0. The summed E-state index contributed by atoms with van der Waals surface area (Å²) >= 11 is 0. The maximum atomic E-state index is 4.12. The van der Waals surface area contributed by atoms with Gasteiger partial charge in [0.2, 0.25) is 0 Å². The molecule has 1 atom stereocenters. The van der Waals surface area contributed by atoms with Gasteiger partial charge in [0.1, 0.15) is 16.5 Å². The third-order valence-electron chi connectivity index (χ3n) is 4.18. The lowest BCUT2D eigenvalue weighted by atomic mass is 9.86. The number of rotatable bonds is 5. The summed E-state index contributed by atoms with van der Waals surface area (Å²) in [6.45, 7) is 22.5. The van der Waals surface area contributed by atoms with Gasteiger partial charge < -0.3 is 4.23 Å². The monoisotopic (exact) mass is 295 g/mol. The predicted octanol–water partition coefficient (Wildman–Crippen LogP) is 5.26. The topological polar surface area (TPSA) is 3.24 Å². The van der Waals surface area contributed by atoms with Gasteiger partial charge in [0, 0.05) is 6.54 Å². The maximum Gasteiger partial charge on any atom is 0.112 e. The van der Waals surface area contributed by atoms with Crippen molar-refractivity contribution < 1.29 is 0 Å². The first-order chi connectivity index (χ1) is 8.51. The van der Waals surface area contributed by atoms with Crippen LogP contribution in [0.4, 0.5) is 0 Å². The molecule has 0 aromatic rings. The summed E-state index contributed by atoms with van der Waals surface area (Å²) in [5.41, 5.74) is 3.05. The van der Waals surface area contributed by atoms with Crippen LogP contribution in [-0.4, -0.2) is 27.2 Å². The van der Waals surface area contributed by atoms with Crippen LogP contribution < -0.4 is 0 Å². The molecule has 3 heteroatoms. The zero-order valence-corrected chi connectivity index (χ0v) is 16.1. The summed E-state index contributed by atoms with van der Waals surface area (Å²) in [6, 6.07) is 0. The molecule has 1 aliphatic carbocycles. The first-order valence-corrected chi connectivity index (χ1v) is 14.5.